The van der Waals surface area contributed by atoms with E-state index in [1.54, 1.807) is 6.92 Å². The fourth-order valence-corrected chi connectivity index (χ4v) is 8.16. The van der Waals surface area contributed by atoms with E-state index in [-0.39, 0.29) is 12.3 Å². The summed E-state index contributed by atoms with van der Waals surface area (Å²) in [6.07, 6.45) is 8.39. The number of hydrogen-bond acceptors (Lipinski definition) is 4. The third-order valence-electron chi connectivity index (χ3n) is 5.67. The average Bonchev–Trinajstić information content (AvgIpc) is 3.21. The zero-order valence-corrected chi connectivity index (χ0v) is 20.7. The Hall–Kier alpha value is -0.970. The van der Waals surface area contributed by atoms with Crippen LogP contribution in [0.3, 0.4) is 0 Å². The van der Waals surface area contributed by atoms with Crippen LogP contribution in [0.15, 0.2) is 17.9 Å². The van der Waals surface area contributed by atoms with Crippen molar-refractivity contribution in [1.82, 2.24) is 9.55 Å². The van der Waals surface area contributed by atoms with Crippen LogP contribution in [0.2, 0.25) is 0 Å². The van der Waals surface area contributed by atoms with Gasteiger partial charge in [-0.2, -0.15) is 0 Å². The first-order chi connectivity index (χ1) is 13.6. The summed E-state index contributed by atoms with van der Waals surface area (Å²) in [6.45, 7) is 17.1. The molecule has 1 aromatic heterocycles. The minimum Gasteiger partial charge on any atom is -0.387 e. The molecule has 2 rings (SSSR count). The smallest absolute Gasteiger partial charge is 0.164 e. The van der Waals surface area contributed by atoms with E-state index in [1.807, 2.05) is 10.9 Å². The first-order valence-corrected chi connectivity index (χ1v) is 14.2. The van der Waals surface area contributed by atoms with Gasteiger partial charge in [0.2, 0.25) is 0 Å². The minimum atomic E-state index is -1.28. The van der Waals surface area contributed by atoms with Gasteiger partial charge >= 0.3 is 0 Å². The molecule has 1 saturated heterocycles. The third-order valence-corrected chi connectivity index (χ3v) is 11.1. The second kappa shape index (κ2) is 10.4. The molecular weight excluding hydrogens is 399 g/mol. The van der Waals surface area contributed by atoms with Gasteiger partial charge in [0.1, 0.15) is 11.9 Å². The lowest BCUT2D eigenvalue weighted by molar-refractivity contribution is -0.00984. The molecule has 1 aromatic rings. The van der Waals surface area contributed by atoms with Crippen LogP contribution in [0.5, 0.6) is 0 Å². The van der Waals surface area contributed by atoms with Gasteiger partial charge in [0.15, 0.2) is 5.82 Å². The van der Waals surface area contributed by atoms with Crippen LogP contribution in [0, 0.1) is 11.8 Å². The highest BCUT2D eigenvalue weighted by Gasteiger charge is 2.35. The van der Waals surface area contributed by atoms with Crippen LogP contribution in [0.1, 0.15) is 72.7 Å². The summed E-state index contributed by atoms with van der Waals surface area (Å²) in [5, 5.41) is 0. The van der Waals surface area contributed by atoms with Gasteiger partial charge < -0.3 is 10.5 Å². The summed E-state index contributed by atoms with van der Waals surface area (Å²) in [5.74, 6) is 2.32. The summed E-state index contributed by atoms with van der Waals surface area (Å²) in [6, 6.07) is -1.28. The number of hydrogen-bond donors (Lipinski definition) is 1. The van der Waals surface area contributed by atoms with E-state index in [2.05, 4.69) is 51.2 Å². The normalized spacial score (nSPS) is 24.8. The highest BCUT2D eigenvalue weighted by Crippen LogP contribution is 2.49. The molecular formula is C22H39N4OPS. The lowest BCUT2D eigenvalue weighted by atomic mass is 10.0. The monoisotopic (exact) mass is 438 g/mol. The van der Waals surface area contributed by atoms with Gasteiger partial charge in [-0.1, -0.05) is 53.0 Å². The summed E-state index contributed by atoms with van der Waals surface area (Å²) >= 11 is 6.08. The van der Waals surface area contributed by atoms with Crippen LogP contribution in [-0.4, -0.2) is 40.0 Å². The molecule has 0 bridgehead atoms. The Kier molecular flexibility index (Phi) is 8.69. The zero-order valence-electron chi connectivity index (χ0n) is 19.0. The number of amidine groups is 1. The zero-order chi connectivity index (χ0) is 21.8. The van der Waals surface area contributed by atoms with Crippen molar-refractivity contribution in [1.29, 1.82) is 0 Å². The summed E-state index contributed by atoms with van der Waals surface area (Å²) < 4.78 is 8.55. The molecule has 4 unspecified atom stereocenters. The fraction of sp³-hybridized carbons (Fsp3) is 0.727. The number of nitrogens with zero attached hydrogens (tertiary/aromatic N) is 3. The first-order valence-electron chi connectivity index (χ1n) is 10.9. The lowest BCUT2D eigenvalue weighted by Crippen LogP contribution is -2.15. The van der Waals surface area contributed by atoms with Crippen molar-refractivity contribution in [2.45, 2.75) is 73.1 Å². The summed E-state index contributed by atoms with van der Waals surface area (Å²) in [4.78, 5) is 9.15. The van der Waals surface area contributed by atoms with Crippen molar-refractivity contribution in [3.05, 3.63) is 18.6 Å². The molecule has 0 spiro atoms. The molecule has 0 aliphatic carbocycles. The van der Waals surface area contributed by atoms with Gasteiger partial charge in [-0.05, 0) is 62.2 Å². The van der Waals surface area contributed by atoms with Gasteiger partial charge in [-0.15, -0.1) is 0 Å². The number of aliphatic imine (C=N–C) groups is 1. The molecule has 1 fully saturated rings. The Labute approximate surface area is 182 Å². The van der Waals surface area contributed by atoms with Gasteiger partial charge in [0, 0.05) is 5.92 Å². The number of rotatable bonds is 10. The molecule has 164 valence electrons. The Balaban J connectivity index is 2.17. The molecule has 2 heterocycles. The lowest BCUT2D eigenvalue weighted by Gasteiger charge is -2.24. The molecule has 1 aliphatic rings. The molecule has 0 saturated carbocycles. The largest absolute Gasteiger partial charge is 0.387 e. The Morgan fingerprint density at radius 1 is 1.48 bits per heavy atom. The van der Waals surface area contributed by atoms with E-state index in [1.165, 1.54) is 6.16 Å². The van der Waals surface area contributed by atoms with E-state index in [9.17, 15) is 0 Å². The molecule has 0 aromatic carbocycles. The van der Waals surface area contributed by atoms with Gasteiger partial charge in [-0.3, -0.25) is 4.57 Å². The Bertz CT molecular complexity index is 782. The maximum atomic E-state index is 6.51. The topological polar surface area (TPSA) is 65.4 Å². The van der Waals surface area contributed by atoms with E-state index in [0.717, 1.165) is 48.7 Å². The average molecular weight is 439 g/mol. The summed E-state index contributed by atoms with van der Waals surface area (Å²) in [5.41, 5.74) is 7.68. The SMILES string of the molecule is C=C(CC)c1ncn(C2OC(CCP(=S)(CC)CC(C)C)CC2C)c1/N=C(\C)N. The van der Waals surface area contributed by atoms with Crippen molar-refractivity contribution in [2.75, 3.05) is 18.5 Å². The molecule has 1 aliphatic heterocycles. The quantitative estimate of drug-likeness (QED) is 0.285. The van der Waals surface area contributed by atoms with E-state index >= 15 is 0 Å². The van der Waals surface area contributed by atoms with Gasteiger partial charge in [0.05, 0.1) is 18.3 Å². The van der Waals surface area contributed by atoms with E-state index in [4.69, 9.17) is 22.3 Å². The molecule has 4 atom stereocenters. The van der Waals surface area contributed by atoms with Crippen LogP contribution in [-0.2, 0) is 16.5 Å². The van der Waals surface area contributed by atoms with Gasteiger partial charge in [-0.25, -0.2) is 9.98 Å². The number of nitrogens with two attached hydrogens (primary N) is 1. The number of imidazole rings is 1. The Morgan fingerprint density at radius 2 is 2.17 bits per heavy atom. The van der Waals surface area contributed by atoms with Crippen molar-refractivity contribution >= 4 is 35.1 Å². The van der Waals surface area contributed by atoms with Crippen molar-refractivity contribution in [2.24, 2.45) is 22.6 Å². The molecule has 0 amide bonds. The molecule has 2 N–H and O–H groups in total. The number of ether oxygens (including phenoxy) is 1. The highest BCUT2D eigenvalue weighted by atomic mass is 32.4. The van der Waals surface area contributed by atoms with Crippen molar-refractivity contribution in [3.8, 4) is 0 Å². The summed E-state index contributed by atoms with van der Waals surface area (Å²) in [7, 11) is 0. The fourth-order valence-electron chi connectivity index (χ4n) is 4.10. The number of allylic oxidation sites excluding steroid dienone is 1. The predicted molar refractivity (Wildman–Crippen MR) is 130 cm³/mol. The molecule has 29 heavy (non-hydrogen) atoms. The minimum absolute atomic E-state index is 0.0754. The maximum absolute atomic E-state index is 6.51. The van der Waals surface area contributed by atoms with Crippen LogP contribution < -0.4 is 5.73 Å². The third kappa shape index (κ3) is 6.26. The number of aromatic nitrogens is 2. The maximum Gasteiger partial charge on any atom is 0.164 e. The van der Waals surface area contributed by atoms with Gasteiger partial charge in [0.25, 0.3) is 0 Å². The van der Waals surface area contributed by atoms with Crippen LogP contribution in [0.25, 0.3) is 5.57 Å². The molecule has 5 nitrogen and oxygen atoms in total. The van der Waals surface area contributed by atoms with Crippen LogP contribution >= 0.6 is 6.04 Å². The predicted octanol–water partition coefficient (Wildman–Crippen LogP) is 5.78. The second-order valence-electron chi connectivity index (χ2n) is 8.86. The van der Waals surface area contributed by atoms with E-state index < -0.39 is 6.04 Å². The standard InChI is InChI=1S/C22H39N4OPS/c1-8-16(5)20-21(25-18(7)23)26(14-24-20)22-17(6)12-19(27-22)10-11-28(29,9-2)13-15(3)4/h14-15,17,19,22H,5,8-13H2,1-4,6-7H3,(H2,23,25). The Morgan fingerprint density at radius 3 is 2.72 bits per heavy atom. The van der Waals surface area contributed by atoms with Crippen molar-refractivity contribution < 1.29 is 4.74 Å². The van der Waals surface area contributed by atoms with Crippen LogP contribution in [0.4, 0.5) is 5.82 Å². The molecule has 7 heteroatoms. The van der Waals surface area contributed by atoms with E-state index in [0.29, 0.717) is 17.7 Å². The second-order valence-corrected chi connectivity index (χ2v) is 14.7. The highest BCUT2D eigenvalue weighted by molar-refractivity contribution is 8.14. The first kappa shape index (κ1) is 24.3. The molecule has 0 radical (unpaired) electrons. The van der Waals surface area contributed by atoms with Crippen molar-refractivity contribution in [3.63, 3.8) is 0 Å².